The molecule has 2 aromatic rings. The summed E-state index contributed by atoms with van der Waals surface area (Å²) in [7, 11) is 1.59. The number of benzene rings is 2. The van der Waals surface area contributed by atoms with Gasteiger partial charge in [0.2, 0.25) is 5.91 Å². The number of nitro benzene ring substituents is 1. The van der Waals surface area contributed by atoms with Crippen molar-refractivity contribution in [2.45, 2.75) is 19.4 Å². The Morgan fingerprint density at radius 2 is 1.80 bits per heavy atom. The molecule has 25 heavy (non-hydrogen) atoms. The van der Waals surface area contributed by atoms with Gasteiger partial charge in [0.05, 0.1) is 24.5 Å². The topological polar surface area (TPSA) is 90.7 Å². The molecule has 7 heteroatoms. The molecular formula is C18H20N2O5. The number of carbonyl (C=O) groups excluding carboxylic acids is 1. The number of rotatable bonds is 8. The van der Waals surface area contributed by atoms with E-state index in [0.717, 1.165) is 5.75 Å². The van der Waals surface area contributed by atoms with Crippen LogP contribution in [-0.2, 0) is 11.2 Å². The lowest BCUT2D eigenvalue weighted by molar-refractivity contribution is -0.385. The van der Waals surface area contributed by atoms with Crippen molar-refractivity contribution in [3.63, 3.8) is 0 Å². The van der Waals surface area contributed by atoms with Crippen molar-refractivity contribution in [2.75, 3.05) is 13.7 Å². The van der Waals surface area contributed by atoms with Crippen LogP contribution in [0.15, 0.2) is 48.5 Å². The van der Waals surface area contributed by atoms with E-state index in [1.54, 1.807) is 56.5 Å². The lowest BCUT2D eigenvalue weighted by atomic mass is 10.1. The lowest BCUT2D eigenvalue weighted by Gasteiger charge is -2.15. The van der Waals surface area contributed by atoms with Crippen LogP contribution >= 0.6 is 0 Å². The van der Waals surface area contributed by atoms with Gasteiger partial charge >= 0.3 is 0 Å². The highest BCUT2D eigenvalue weighted by atomic mass is 16.6. The van der Waals surface area contributed by atoms with E-state index in [0.29, 0.717) is 11.3 Å². The van der Waals surface area contributed by atoms with Gasteiger partial charge in [-0.1, -0.05) is 18.2 Å². The van der Waals surface area contributed by atoms with Crippen LogP contribution in [0.2, 0.25) is 0 Å². The van der Waals surface area contributed by atoms with Gasteiger partial charge in [0, 0.05) is 11.6 Å². The Morgan fingerprint density at radius 3 is 2.44 bits per heavy atom. The number of carbonyl (C=O) groups is 1. The van der Waals surface area contributed by atoms with E-state index in [1.807, 2.05) is 0 Å². The molecule has 0 fully saturated rings. The van der Waals surface area contributed by atoms with E-state index < -0.39 is 4.92 Å². The first-order valence-electron chi connectivity index (χ1n) is 7.78. The molecule has 2 rings (SSSR count). The molecule has 1 atom stereocenters. The standard InChI is InChI=1S/C18H20N2O5/c1-13(12-25-16-9-7-15(24-2)8-10-16)19-18(21)11-14-5-3-4-6-17(14)20(22)23/h3-10,13H,11-12H2,1-2H3,(H,19,21)/t13-/m0/s1. The Morgan fingerprint density at radius 1 is 1.16 bits per heavy atom. The third kappa shape index (κ3) is 5.49. The summed E-state index contributed by atoms with van der Waals surface area (Å²) in [5.74, 6) is 1.11. The molecule has 1 amide bonds. The summed E-state index contributed by atoms with van der Waals surface area (Å²) in [6, 6.07) is 13.1. The minimum atomic E-state index is -0.487. The molecular weight excluding hydrogens is 324 g/mol. The molecule has 0 aromatic heterocycles. The fourth-order valence-corrected chi connectivity index (χ4v) is 2.27. The van der Waals surface area contributed by atoms with E-state index in [9.17, 15) is 14.9 Å². The summed E-state index contributed by atoms with van der Waals surface area (Å²) in [5, 5.41) is 13.8. The maximum Gasteiger partial charge on any atom is 0.273 e. The summed E-state index contributed by atoms with van der Waals surface area (Å²) >= 11 is 0. The van der Waals surface area contributed by atoms with Crippen molar-refractivity contribution in [2.24, 2.45) is 0 Å². The number of ether oxygens (including phenoxy) is 2. The van der Waals surface area contributed by atoms with E-state index in [4.69, 9.17) is 9.47 Å². The molecule has 2 aromatic carbocycles. The second-order valence-corrected chi connectivity index (χ2v) is 5.52. The molecule has 7 nitrogen and oxygen atoms in total. The molecule has 132 valence electrons. The van der Waals surface area contributed by atoms with Crippen LogP contribution in [0.25, 0.3) is 0 Å². The van der Waals surface area contributed by atoms with Gasteiger partial charge in [0.1, 0.15) is 18.1 Å². The van der Waals surface area contributed by atoms with Crippen LogP contribution in [0.1, 0.15) is 12.5 Å². The van der Waals surface area contributed by atoms with Gasteiger partial charge < -0.3 is 14.8 Å². The summed E-state index contributed by atoms with van der Waals surface area (Å²) in [6.45, 7) is 2.09. The number of nitrogens with one attached hydrogen (secondary N) is 1. The van der Waals surface area contributed by atoms with Gasteiger partial charge in [-0.25, -0.2) is 0 Å². The largest absolute Gasteiger partial charge is 0.497 e. The van der Waals surface area contributed by atoms with Gasteiger partial charge in [-0.3, -0.25) is 14.9 Å². The summed E-state index contributed by atoms with van der Waals surface area (Å²) in [4.78, 5) is 22.6. The predicted molar refractivity (Wildman–Crippen MR) is 92.9 cm³/mol. The fraction of sp³-hybridized carbons (Fsp3) is 0.278. The number of nitro groups is 1. The Bertz CT molecular complexity index is 731. The molecule has 0 aliphatic carbocycles. The average molecular weight is 344 g/mol. The first kappa shape index (κ1) is 18.3. The highest BCUT2D eigenvalue weighted by Gasteiger charge is 2.16. The van der Waals surface area contributed by atoms with Crippen LogP contribution in [0, 0.1) is 10.1 Å². The van der Waals surface area contributed by atoms with E-state index in [1.165, 1.54) is 6.07 Å². The smallest absolute Gasteiger partial charge is 0.273 e. The Balaban J connectivity index is 1.84. The molecule has 0 aliphatic rings. The van der Waals surface area contributed by atoms with Crippen molar-refractivity contribution < 1.29 is 19.2 Å². The number of hydrogen-bond donors (Lipinski definition) is 1. The quantitative estimate of drug-likeness (QED) is 0.587. The van der Waals surface area contributed by atoms with Crippen molar-refractivity contribution in [1.29, 1.82) is 0 Å². The van der Waals surface area contributed by atoms with Crippen molar-refractivity contribution in [3.05, 3.63) is 64.2 Å². The fourth-order valence-electron chi connectivity index (χ4n) is 2.27. The predicted octanol–water partition coefficient (Wildman–Crippen LogP) is 2.73. The van der Waals surface area contributed by atoms with Crippen LogP contribution < -0.4 is 14.8 Å². The first-order chi connectivity index (χ1) is 12.0. The van der Waals surface area contributed by atoms with E-state index in [2.05, 4.69) is 5.32 Å². The molecule has 0 saturated heterocycles. The van der Waals surface area contributed by atoms with Gasteiger partial charge in [-0.2, -0.15) is 0 Å². The minimum absolute atomic E-state index is 0.0516. The maximum absolute atomic E-state index is 12.1. The van der Waals surface area contributed by atoms with Crippen LogP contribution in [0.4, 0.5) is 5.69 Å². The van der Waals surface area contributed by atoms with Gasteiger partial charge in [-0.05, 0) is 31.2 Å². The first-order valence-corrected chi connectivity index (χ1v) is 7.78. The molecule has 1 N–H and O–H groups in total. The molecule has 0 radical (unpaired) electrons. The molecule has 0 spiro atoms. The van der Waals surface area contributed by atoms with Crippen molar-refractivity contribution >= 4 is 11.6 Å². The number of methoxy groups -OCH3 is 1. The molecule has 0 unspecified atom stereocenters. The zero-order chi connectivity index (χ0) is 18.2. The van der Waals surface area contributed by atoms with E-state index >= 15 is 0 Å². The Labute approximate surface area is 145 Å². The monoisotopic (exact) mass is 344 g/mol. The normalized spacial score (nSPS) is 11.4. The Hall–Kier alpha value is -3.09. The highest BCUT2D eigenvalue weighted by Crippen LogP contribution is 2.18. The van der Waals surface area contributed by atoms with Gasteiger partial charge in [0.15, 0.2) is 0 Å². The summed E-state index contributed by atoms with van der Waals surface area (Å²) in [5.41, 5.74) is 0.327. The summed E-state index contributed by atoms with van der Waals surface area (Å²) in [6.07, 6.45) is -0.0516. The number of para-hydroxylation sites is 1. The van der Waals surface area contributed by atoms with Crippen molar-refractivity contribution in [1.82, 2.24) is 5.32 Å². The third-order valence-corrected chi connectivity index (χ3v) is 3.51. The Kier molecular flexibility index (Phi) is 6.33. The third-order valence-electron chi connectivity index (χ3n) is 3.51. The number of nitrogens with zero attached hydrogens (tertiary/aromatic N) is 1. The SMILES string of the molecule is COc1ccc(OC[C@H](C)NC(=O)Cc2ccccc2[N+](=O)[O-])cc1. The van der Waals surface area contributed by atoms with Gasteiger partial charge in [0.25, 0.3) is 5.69 Å². The zero-order valence-electron chi connectivity index (χ0n) is 14.1. The van der Waals surface area contributed by atoms with Crippen LogP contribution in [0.5, 0.6) is 11.5 Å². The average Bonchev–Trinajstić information content (AvgIpc) is 2.60. The lowest BCUT2D eigenvalue weighted by Crippen LogP contribution is -2.37. The van der Waals surface area contributed by atoms with Gasteiger partial charge in [-0.15, -0.1) is 0 Å². The molecule has 0 aliphatic heterocycles. The minimum Gasteiger partial charge on any atom is -0.497 e. The highest BCUT2D eigenvalue weighted by molar-refractivity contribution is 5.80. The van der Waals surface area contributed by atoms with Crippen LogP contribution in [-0.4, -0.2) is 30.6 Å². The molecule has 0 saturated carbocycles. The second kappa shape index (κ2) is 8.68. The van der Waals surface area contributed by atoms with E-state index in [-0.39, 0.29) is 30.7 Å². The zero-order valence-corrected chi connectivity index (χ0v) is 14.1. The summed E-state index contributed by atoms with van der Waals surface area (Å²) < 4.78 is 10.7. The number of amides is 1. The maximum atomic E-state index is 12.1. The second-order valence-electron chi connectivity index (χ2n) is 5.52. The molecule has 0 bridgehead atoms. The van der Waals surface area contributed by atoms with Crippen LogP contribution in [0.3, 0.4) is 0 Å². The van der Waals surface area contributed by atoms with Crippen molar-refractivity contribution in [3.8, 4) is 11.5 Å². The molecule has 0 heterocycles. The number of hydrogen-bond acceptors (Lipinski definition) is 5.